The van der Waals surface area contributed by atoms with Crippen molar-refractivity contribution in [1.82, 2.24) is 0 Å². The van der Waals surface area contributed by atoms with Gasteiger partial charge in [0, 0.05) is 17.2 Å². The number of alkyl halides is 1. The molecule has 0 spiro atoms. The van der Waals surface area contributed by atoms with Crippen LogP contribution in [0.3, 0.4) is 0 Å². The molecule has 4 atom stereocenters. The zero-order valence-electron chi connectivity index (χ0n) is 6.37. The highest BCUT2D eigenvalue weighted by Crippen LogP contribution is 2.50. The number of aliphatic carboxylic acids is 1. The molecule has 0 aliphatic heterocycles. The van der Waals surface area contributed by atoms with Crippen molar-refractivity contribution in [3.05, 3.63) is 0 Å². The molecular weight excluding hydrogens is 224 g/mol. The average Bonchev–Trinajstić information content (AvgIpc) is 2.39. The van der Waals surface area contributed by atoms with Crippen molar-refractivity contribution in [2.75, 3.05) is 0 Å². The van der Waals surface area contributed by atoms with Crippen LogP contribution in [0.15, 0.2) is 0 Å². The summed E-state index contributed by atoms with van der Waals surface area (Å²) in [6.45, 7) is 0. The molecule has 0 heterocycles. The van der Waals surface area contributed by atoms with Gasteiger partial charge in [0.2, 0.25) is 0 Å². The molecule has 0 aromatic rings. The summed E-state index contributed by atoms with van der Waals surface area (Å²) in [7, 11) is 0. The Balaban J connectivity index is 2.29. The van der Waals surface area contributed by atoms with E-state index >= 15 is 0 Å². The summed E-state index contributed by atoms with van der Waals surface area (Å²) in [5.74, 6) is -1.27. The fourth-order valence-corrected chi connectivity index (χ4v) is 3.57. The predicted octanol–water partition coefficient (Wildman–Crippen LogP) is 1.06. The van der Waals surface area contributed by atoms with Gasteiger partial charge < -0.3 is 5.11 Å². The van der Waals surface area contributed by atoms with E-state index in [1.165, 1.54) is 0 Å². The van der Waals surface area contributed by atoms with Crippen molar-refractivity contribution >= 4 is 27.7 Å². The van der Waals surface area contributed by atoms with Gasteiger partial charge in [0.1, 0.15) is 5.78 Å². The molecule has 3 nitrogen and oxygen atoms in total. The molecular formula is C8H9BrO3. The lowest BCUT2D eigenvalue weighted by atomic mass is 9.98. The minimum Gasteiger partial charge on any atom is -0.481 e. The number of ketones is 1. The van der Waals surface area contributed by atoms with Gasteiger partial charge in [-0.2, -0.15) is 0 Å². The van der Waals surface area contributed by atoms with Crippen molar-refractivity contribution in [2.24, 2.45) is 17.8 Å². The van der Waals surface area contributed by atoms with Crippen LogP contribution in [0.4, 0.5) is 0 Å². The van der Waals surface area contributed by atoms with Crippen LogP contribution in [-0.4, -0.2) is 21.7 Å². The van der Waals surface area contributed by atoms with Crippen LogP contribution in [0.2, 0.25) is 0 Å². The second kappa shape index (κ2) is 2.55. The summed E-state index contributed by atoms with van der Waals surface area (Å²) >= 11 is 3.36. The number of carboxylic acid groups (broad SMARTS) is 1. The molecule has 4 unspecified atom stereocenters. The Labute approximate surface area is 78.3 Å². The standard InChI is InChI=1S/C8H9BrO3/c9-4-1-3-2-5(10)7(4)6(3)8(11)12/h3-4,6-7H,1-2H2,(H,11,12). The molecule has 1 N–H and O–H groups in total. The SMILES string of the molecule is O=C1CC2CC(Br)C1C2C(=O)O. The van der Waals surface area contributed by atoms with Crippen LogP contribution in [0.25, 0.3) is 0 Å². The zero-order chi connectivity index (χ0) is 8.88. The first-order valence-corrected chi connectivity index (χ1v) is 4.92. The number of carboxylic acids is 1. The summed E-state index contributed by atoms with van der Waals surface area (Å²) in [5, 5.41) is 8.86. The number of hydrogen-bond donors (Lipinski definition) is 1. The first-order chi connectivity index (χ1) is 5.61. The normalized spacial score (nSPS) is 45.2. The van der Waals surface area contributed by atoms with Crippen LogP contribution >= 0.6 is 15.9 Å². The molecule has 12 heavy (non-hydrogen) atoms. The van der Waals surface area contributed by atoms with E-state index < -0.39 is 11.9 Å². The molecule has 0 aromatic heterocycles. The molecule has 0 radical (unpaired) electrons. The van der Waals surface area contributed by atoms with E-state index in [0.29, 0.717) is 6.42 Å². The molecule has 2 aliphatic rings. The van der Waals surface area contributed by atoms with Gasteiger partial charge in [0.05, 0.1) is 5.92 Å². The molecule has 0 saturated heterocycles. The Hall–Kier alpha value is -0.380. The van der Waals surface area contributed by atoms with E-state index in [2.05, 4.69) is 15.9 Å². The third-order valence-corrected chi connectivity index (χ3v) is 3.88. The number of Topliss-reactive ketones (excluding diaryl/α,β-unsaturated/α-hetero) is 1. The molecule has 4 heteroatoms. The van der Waals surface area contributed by atoms with E-state index in [1.807, 2.05) is 0 Å². The minimum atomic E-state index is -0.808. The molecule has 2 rings (SSSR count). The Bertz CT molecular complexity index is 251. The summed E-state index contributed by atoms with van der Waals surface area (Å²) in [4.78, 5) is 22.1. The third kappa shape index (κ3) is 0.937. The maximum absolute atomic E-state index is 11.3. The lowest BCUT2D eigenvalue weighted by Gasteiger charge is -2.13. The number of carbonyl (C=O) groups excluding carboxylic acids is 1. The second-order valence-electron chi connectivity index (χ2n) is 3.57. The highest BCUT2D eigenvalue weighted by Gasteiger charge is 2.55. The summed E-state index contributed by atoms with van der Waals surface area (Å²) in [6.07, 6.45) is 1.32. The van der Waals surface area contributed by atoms with E-state index in [-0.39, 0.29) is 22.4 Å². The molecule has 2 bridgehead atoms. The van der Waals surface area contributed by atoms with Crippen molar-refractivity contribution in [2.45, 2.75) is 17.7 Å². The Kier molecular flexibility index (Phi) is 1.75. The van der Waals surface area contributed by atoms with E-state index in [9.17, 15) is 9.59 Å². The molecule has 0 amide bonds. The smallest absolute Gasteiger partial charge is 0.307 e. The first-order valence-electron chi connectivity index (χ1n) is 4.01. The quantitative estimate of drug-likeness (QED) is 0.689. The van der Waals surface area contributed by atoms with E-state index in [0.717, 1.165) is 6.42 Å². The lowest BCUT2D eigenvalue weighted by Crippen LogP contribution is -2.24. The summed E-state index contributed by atoms with van der Waals surface area (Å²) in [6, 6.07) is 0. The highest BCUT2D eigenvalue weighted by atomic mass is 79.9. The van der Waals surface area contributed by atoms with Gasteiger partial charge in [-0.1, -0.05) is 15.9 Å². The van der Waals surface area contributed by atoms with Gasteiger partial charge in [-0.25, -0.2) is 0 Å². The van der Waals surface area contributed by atoms with E-state index in [4.69, 9.17) is 5.11 Å². The van der Waals surface area contributed by atoms with Crippen LogP contribution in [0.1, 0.15) is 12.8 Å². The number of carbonyl (C=O) groups is 2. The van der Waals surface area contributed by atoms with Crippen molar-refractivity contribution < 1.29 is 14.7 Å². The molecule has 2 aliphatic carbocycles. The van der Waals surface area contributed by atoms with Crippen LogP contribution in [-0.2, 0) is 9.59 Å². The van der Waals surface area contributed by atoms with Gasteiger partial charge in [0.25, 0.3) is 0 Å². The van der Waals surface area contributed by atoms with Crippen LogP contribution in [0.5, 0.6) is 0 Å². The maximum Gasteiger partial charge on any atom is 0.307 e. The monoisotopic (exact) mass is 232 g/mol. The largest absolute Gasteiger partial charge is 0.481 e. The molecule has 0 aromatic carbocycles. The summed E-state index contributed by atoms with van der Waals surface area (Å²) < 4.78 is 0. The maximum atomic E-state index is 11.3. The number of rotatable bonds is 1. The van der Waals surface area contributed by atoms with E-state index in [1.54, 1.807) is 0 Å². The third-order valence-electron chi connectivity index (χ3n) is 2.93. The molecule has 2 saturated carbocycles. The minimum absolute atomic E-state index is 0.0874. The number of halogens is 1. The van der Waals surface area contributed by atoms with Crippen molar-refractivity contribution in [3.63, 3.8) is 0 Å². The zero-order valence-corrected chi connectivity index (χ0v) is 7.95. The lowest BCUT2D eigenvalue weighted by molar-refractivity contribution is -0.144. The number of fused-ring (bicyclic) bond motifs is 2. The topological polar surface area (TPSA) is 54.4 Å². The molecule has 66 valence electrons. The Morgan fingerprint density at radius 3 is 2.58 bits per heavy atom. The average molecular weight is 233 g/mol. The fourth-order valence-electron chi connectivity index (χ4n) is 2.46. The van der Waals surface area contributed by atoms with Crippen molar-refractivity contribution in [1.29, 1.82) is 0 Å². The van der Waals surface area contributed by atoms with Gasteiger partial charge in [-0.05, 0) is 12.3 Å². The van der Waals surface area contributed by atoms with Gasteiger partial charge >= 0.3 is 5.97 Å². The van der Waals surface area contributed by atoms with Crippen molar-refractivity contribution in [3.8, 4) is 0 Å². The van der Waals surface area contributed by atoms with Crippen LogP contribution in [0, 0.1) is 17.8 Å². The fraction of sp³-hybridized carbons (Fsp3) is 0.750. The molecule has 2 fully saturated rings. The van der Waals surface area contributed by atoms with Gasteiger partial charge in [-0.3, -0.25) is 9.59 Å². The van der Waals surface area contributed by atoms with Gasteiger partial charge in [-0.15, -0.1) is 0 Å². The van der Waals surface area contributed by atoms with Crippen LogP contribution < -0.4 is 0 Å². The Morgan fingerprint density at radius 2 is 2.25 bits per heavy atom. The predicted molar refractivity (Wildman–Crippen MR) is 45.1 cm³/mol. The highest BCUT2D eigenvalue weighted by molar-refractivity contribution is 9.09. The Morgan fingerprint density at radius 1 is 1.58 bits per heavy atom. The number of hydrogen-bond acceptors (Lipinski definition) is 2. The summed E-state index contributed by atoms with van der Waals surface area (Å²) in [5.41, 5.74) is 0. The second-order valence-corrected chi connectivity index (χ2v) is 4.75. The first kappa shape index (κ1) is 8.23. The van der Waals surface area contributed by atoms with Gasteiger partial charge in [0.15, 0.2) is 0 Å².